The summed E-state index contributed by atoms with van der Waals surface area (Å²) in [5.41, 5.74) is 2.94. The molecule has 0 aliphatic rings. The van der Waals surface area contributed by atoms with E-state index in [1.807, 2.05) is 54.7 Å². The molecule has 0 fully saturated rings. The molecule has 0 amide bonds. The van der Waals surface area contributed by atoms with E-state index >= 15 is 0 Å². The van der Waals surface area contributed by atoms with E-state index in [9.17, 15) is 10.1 Å². The van der Waals surface area contributed by atoms with Crippen LogP contribution in [0.3, 0.4) is 0 Å². The maximum Gasteiger partial charge on any atom is 0.207 e. The molecule has 2 aromatic carbocycles. The Morgan fingerprint density at radius 3 is 2.68 bits per heavy atom. The summed E-state index contributed by atoms with van der Waals surface area (Å²) in [6.45, 7) is 0.424. The Morgan fingerprint density at radius 1 is 1.09 bits per heavy atom. The molecule has 112 valence electrons. The Hall–Kier alpha value is -2.82. The van der Waals surface area contributed by atoms with Gasteiger partial charge in [-0.15, -0.1) is 0 Å². The van der Waals surface area contributed by atoms with Gasteiger partial charge in [0.2, 0.25) is 6.54 Å². The minimum Gasteiger partial charge on any atom is -0.487 e. The van der Waals surface area contributed by atoms with Crippen molar-refractivity contribution in [3.05, 3.63) is 76.0 Å². The Kier molecular flexibility index (Phi) is 4.05. The standard InChI is InChI=1S/C17H16N2O3/c20-19(21)11-9-14-6-7-16(17-15(14)8-10-18-17)22-12-13-4-2-1-3-5-13/h1-8,10,18H,9,11-12H2. The third-order valence-corrected chi connectivity index (χ3v) is 3.58. The first-order valence-electron chi connectivity index (χ1n) is 7.11. The summed E-state index contributed by atoms with van der Waals surface area (Å²) >= 11 is 0. The van der Waals surface area contributed by atoms with Crippen molar-refractivity contribution in [1.29, 1.82) is 0 Å². The zero-order valence-electron chi connectivity index (χ0n) is 12.0. The molecule has 3 aromatic rings. The maximum atomic E-state index is 10.5. The van der Waals surface area contributed by atoms with Crippen molar-refractivity contribution >= 4 is 10.9 Å². The molecule has 1 heterocycles. The van der Waals surface area contributed by atoms with E-state index in [2.05, 4.69) is 4.98 Å². The van der Waals surface area contributed by atoms with Gasteiger partial charge in [0.1, 0.15) is 12.4 Å². The predicted molar refractivity (Wildman–Crippen MR) is 84.6 cm³/mol. The van der Waals surface area contributed by atoms with Crippen molar-refractivity contribution in [3.8, 4) is 5.75 Å². The Labute approximate surface area is 127 Å². The number of aromatic amines is 1. The number of nitrogens with one attached hydrogen (secondary N) is 1. The second-order valence-electron chi connectivity index (χ2n) is 5.07. The molecule has 5 nitrogen and oxygen atoms in total. The minimum absolute atomic E-state index is 0.0650. The van der Waals surface area contributed by atoms with Crippen LogP contribution in [-0.4, -0.2) is 16.5 Å². The highest BCUT2D eigenvalue weighted by molar-refractivity contribution is 5.88. The lowest BCUT2D eigenvalue weighted by molar-refractivity contribution is -0.479. The second-order valence-corrected chi connectivity index (χ2v) is 5.07. The Morgan fingerprint density at radius 2 is 1.91 bits per heavy atom. The van der Waals surface area contributed by atoms with Crippen LogP contribution in [0.2, 0.25) is 0 Å². The van der Waals surface area contributed by atoms with E-state index in [1.54, 1.807) is 0 Å². The summed E-state index contributed by atoms with van der Waals surface area (Å²) in [6, 6.07) is 15.6. The lowest BCUT2D eigenvalue weighted by atomic mass is 10.1. The lowest BCUT2D eigenvalue weighted by Gasteiger charge is -2.09. The highest BCUT2D eigenvalue weighted by Gasteiger charge is 2.10. The van der Waals surface area contributed by atoms with Crippen molar-refractivity contribution in [2.24, 2.45) is 0 Å². The topological polar surface area (TPSA) is 68.2 Å². The normalized spacial score (nSPS) is 10.7. The van der Waals surface area contributed by atoms with Crippen LogP contribution in [-0.2, 0) is 13.0 Å². The molecule has 1 N–H and O–H groups in total. The van der Waals surface area contributed by atoms with E-state index in [1.165, 1.54) is 0 Å². The molecule has 0 atom stereocenters. The fourth-order valence-corrected chi connectivity index (χ4v) is 2.48. The van der Waals surface area contributed by atoms with Crippen LogP contribution in [0, 0.1) is 10.1 Å². The summed E-state index contributed by atoms with van der Waals surface area (Å²) in [6.07, 6.45) is 2.25. The molecule has 0 saturated heterocycles. The minimum atomic E-state index is -0.293. The molecule has 1 aromatic heterocycles. The zero-order valence-corrected chi connectivity index (χ0v) is 12.0. The summed E-state index contributed by atoms with van der Waals surface area (Å²) in [7, 11) is 0. The van der Waals surface area contributed by atoms with Crippen molar-refractivity contribution < 1.29 is 9.66 Å². The van der Waals surface area contributed by atoms with E-state index in [4.69, 9.17) is 4.74 Å². The highest BCUT2D eigenvalue weighted by atomic mass is 16.6. The SMILES string of the molecule is O=[N+]([O-])CCc1ccc(OCc2ccccc2)c2[nH]ccc12. The zero-order chi connectivity index (χ0) is 15.4. The van der Waals surface area contributed by atoms with Gasteiger partial charge in [-0.3, -0.25) is 10.1 Å². The average Bonchev–Trinajstić information content (AvgIpc) is 3.02. The Balaban J connectivity index is 1.81. The molecule has 0 unspecified atom stereocenters. The van der Waals surface area contributed by atoms with Crippen molar-refractivity contribution in [3.63, 3.8) is 0 Å². The van der Waals surface area contributed by atoms with Crippen LogP contribution < -0.4 is 4.74 Å². The number of fused-ring (bicyclic) bond motifs is 1. The molecule has 0 aliphatic carbocycles. The molecule has 0 radical (unpaired) electrons. The molecule has 0 saturated carbocycles. The number of nitro groups is 1. The van der Waals surface area contributed by atoms with Crippen LogP contribution in [0.5, 0.6) is 5.75 Å². The smallest absolute Gasteiger partial charge is 0.207 e. The van der Waals surface area contributed by atoms with Gasteiger partial charge in [-0.05, 0) is 23.3 Å². The van der Waals surface area contributed by atoms with E-state index in [-0.39, 0.29) is 11.5 Å². The fraction of sp³-hybridized carbons (Fsp3) is 0.176. The number of nitrogens with zero attached hydrogens (tertiary/aromatic N) is 1. The van der Waals surface area contributed by atoms with Gasteiger partial charge in [0.15, 0.2) is 0 Å². The van der Waals surface area contributed by atoms with E-state index in [0.717, 1.165) is 27.8 Å². The number of ether oxygens (including phenoxy) is 1. The molecule has 0 bridgehead atoms. The summed E-state index contributed by atoms with van der Waals surface area (Å²) in [4.78, 5) is 13.4. The maximum absolute atomic E-state index is 10.5. The monoisotopic (exact) mass is 296 g/mol. The summed E-state index contributed by atoms with van der Waals surface area (Å²) in [5, 5.41) is 11.5. The fourth-order valence-electron chi connectivity index (χ4n) is 2.48. The summed E-state index contributed by atoms with van der Waals surface area (Å²) < 4.78 is 5.88. The van der Waals surface area contributed by atoms with Crippen LogP contribution in [0.1, 0.15) is 11.1 Å². The van der Waals surface area contributed by atoms with Gasteiger partial charge in [0.25, 0.3) is 0 Å². The number of aromatic nitrogens is 1. The first-order valence-corrected chi connectivity index (χ1v) is 7.11. The van der Waals surface area contributed by atoms with Gasteiger partial charge in [-0.2, -0.15) is 0 Å². The largest absolute Gasteiger partial charge is 0.487 e. The Bertz CT molecular complexity index is 781. The van der Waals surface area contributed by atoms with Crippen molar-refractivity contribution in [1.82, 2.24) is 4.98 Å². The van der Waals surface area contributed by atoms with Crippen LogP contribution in [0.4, 0.5) is 0 Å². The number of hydrogen-bond acceptors (Lipinski definition) is 3. The molecule has 22 heavy (non-hydrogen) atoms. The lowest BCUT2D eigenvalue weighted by Crippen LogP contribution is -2.04. The van der Waals surface area contributed by atoms with Gasteiger partial charge in [-0.25, -0.2) is 0 Å². The van der Waals surface area contributed by atoms with Crippen molar-refractivity contribution in [2.45, 2.75) is 13.0 Å². The third kappa shape index (κ3) is 3.09. The molecular formula is C17H16N2O3. The second kappa shape index (κ2) is 6.30. The number of benzene rings is 2. The molecule has 0 aliphatic heterocycles. The van der Waals surface area contributed by atoms with Crippen LogP contribution in [0.25, 0.3) is 10.9 Å². The third-order valence-electron chi connectivity index (χ3n) is 3.58. The van der Waals surface area contributed by atoms with Gasteiger partial charge < -0.3 is 9.72 Å². The van der Waals surface area contributed by atoms with Gasteiger partial charge in [0.05, 0.1) is 5.52 Å². The van der Waals surface area contributed by atoms with Crippen molar-refractivity contribution in [2.75, 3.05) is 6.54 Å². The number of hydrogen-bond donors (Lipinski definition) is 1. The molecule has 3 rings (SSSR count). The quantitative estimate of drug-likeness (QED) is 0.558. The van der Waals surface area contributed by atoms with Gasteiger partial charge in [0, 0.05) is 22.9 Å². The van der Waals surface area contributed by atoms with E-state index in [0.29, 0.717) is 13.0 Å². The van der Waals surface area contributed by atoms with Gasteiger partial charge >= 0.3 is 0 Å². The van der Waals surface area contributed by atoms with Crippen LogP contribution in [0.15, 0.2) is 54.7 Å². The molecular weight excluding hydrogens is 280 g/mol. The van der Waals surface area contributed by atoms with Crippen LogP contribution >= 0.6 is 0 Å². The molecule has 0 spiro atoms. The summed E-state index contributed by atoms with van der Waals surface area (Å²) in [5.74, 6) is 0.758. The average molecular weight is 296 g/mol. The predicted octanol–water partition coefficient (Wildman–Crippen LogP) is 3.57. The van der Waals surface area contributed by atoms with E-state index < -0.39 is 0 Å². The molecule has 5 heteroatoms. The highest BCUT2D eigenvalue weighted by Crippen LogP contribution is 2.28. The van der Waals surface area contributed by atoms with Gasteiger partial charge in [-0.1, -0.05) is 36.4 Å². The number of rotatable bonds is 6. The first kappa shape index (κ1) is 14.1. The number of H-pyrrole nitrogens is 1. The first-order chi connectivity index (χ1) is 10.7.